The highest BCUT2D eigenvalue weighted by atomic mass is 28.4. The Kier molecular flexibility index (Phi) is 6.51. The Labute approximate surface area is 194 Å². The summed E-state index contributed by atoms with van der Waals surface area (Å²) < 4.78 is 25.6. The van der Waals surface area contributed by atoms with Crippen LogP contribution in [-0.4, -0.2) is 33.3 Å². The van der Waals surface area contributed by atoms with Crippen LogP contribution in [0.3, 0.4) is 0 Å². The third-order valence-corrected chi connectivity index (χ3v) is 12.2. The molecule has 32 heavy (non-hydrogen) atoms. The smallest absolute Gasteiger partial charge is 0.330 e. The van der Waals surface area contributed by atoms with E-state index in [9.17, 15) is 4.79 Å². The highest BCUT2D eigenvalue weighted by Gasteiger charge is 2.57. The third-order valence-electron chi connectivity index (χ3n) is 7.84. The zero-order valence-electron chi connectivity index (χ0n) is 20.7. The first-order valence-corrected chi connectivity index (χ1v) is 15.3. The van der Waals surface area contributed by atoms with Crippen LogP contribution in [0.5, 0.6) is 11.5 Å². The first-order chi connectivity index (χ1) is 15.1. The Balaban J connectivity index is 1.81. The molecular weight excluding hydrogens is 420 g/mol. The van der Waals surface area contributed by atoms with Crippen molar-refractivity contribution < 1.29 is 23.4 Å². The van der Waals surface area contributed by atoms with Crippen molar-refractivity contribution in [3.8, 4) is 11.5 Å². The molecule has 3 aliphatic rings. The Hall–Kier alpha value is -1.37. The number of carbonyl (C=O) groups is 1. The summed E-state index contributed by atoms with van der Waals surface area (Å²) in [6.45, 7) is 14.6. The van der Waals surface area contributed by atoms with Crippen molar-refractivity contribution >= 4 is 14.1 Å². The first-order valence-electron chi connectivity index (χ1n) is 12.4. The van der Waals surface area contributed by atoms with Crippen molar-refractivity contribution in [3.05, 3.63) is 23.3 Å². The van der Waals surface area contributed by atoms with Gasteiger partial charge in [0.15, 0.2) is 0 Å². The van der Waals surface area contributed by atoms with Crippen LogP contribution in [0.4, 0.5) is 0 Å². The monoisotopic (exact) mass is 460 g/mol. The maximum atomic E-state index is 12.6. The number of fused-ring (bicyclic) bond motifs is 4. The van der Waals surface area contributed by atoms with Gasteiger partial charge in [0.2, 0.25) is 8.32 Å². The molecule has 2 aliphatic heterocycles. The van der Waals surface area contributed by atoms with E-state index >= 15 is 0 Å². The maximum absolute atomic E-state index is 12.6. The van der Waals surface area contributed by atoms with Crippen LogP contribution in [0.25, 0.3) is 0 Å². The molecule has 2 atom stereocenters. The minimum Gasteiger partial charge on any atom is -0.543 e. The predicted molar refractivity (Wildman–Crippen MR) is 128 cm³/mol. The molecule has 1 saturated carbocycles. The number of Topliss-reactive ketones (excluding diaryl/α,β-unsaturated/α-hetero) is 1. The molecule has 1 saturated heterocycles. The summed E-state index contributed by atoms with van der Waals surface area (Å²) in [6.07, 6.45) is 6.29. The molecule has 0 radical (unpaired) electrons. The highest BCUT2D eigenvalue weighted by molar-refractivity contribution is 6.74. The van der Waals surface area contributed by atoms with Crippen LogP contribution in [0.2, 0.25) is 18.1 Å². The zero-order valence-corrected chi connectivity index (χ0v) is 21.7. The third kappa shape index (κ3) is 4.38. The lowest BCUT2D eigenvalue weighted by Crippen LogP contribution is -2.52. The van der Waals surface area contributed by atoms with E-state index in [2.05, 4.69) is 52.9 Å². The normalized spacial score (nSPS) is 24.8. The van der Waals surface area contributed by atoms with E-state index in [1.165, 1.54) is 18.4 Å². The van der Waals surface area contributed by atoms with Crippen molar-refractivity contribution in [2.24, 2.45) is 5.92 Å². The number of carbonyl (C=O) groups excluding carboxylic acids is 1. The van der Waals surface area contributed by atoms with Gasteiger partial charge in [-0.05, 0) is 55.1 Å². The van der Waals surface area contributed by atoms with Crippen LogP contribution in [0.1, 0.15) is 83.3 Å². The number of benzene rings is 1. The van der Waals surface area contributed by atoms with Gasteiger partial charge >= 0.3 is 5.97 Å². The van der Waals surface area contributed by atoms with Gasteiger partial charge in [0.05, 0.1) is 19.1 Å². The number of rotatable bonds is 6. The maximum Gasteiger partial charge on any atom is 0.330 e. The molecule has 0 bridgehead atoms. The van der Waals surface area contributed by atoms with Crippen LogP contribution in [0, 0.1) is 5.92 Å². The molecule has 1 spiro atoms. The fourth-order valence-corrected chi connectivity index (χ4v) is 6.01. The number of ether oxygens (including phenoxy) is 3. The fourth-order valence-electron chi connectivity index (χ4n) is 4.99. The lowest BCUT2D eigenvalue weighted by Gasteiger charge is -2.47. The summed E-state index contributed by atoms with van der Waals surface area (Å²) in [6, 6.07) is 4.37. The molecule has 178 valence electrons. The van der Waals surface area contributed by atoms with Gasteiger partial charge in [-0.15, -0.1) is 0 Å². The molecule has 1 aromatic rings. The standard InChI is InChI=1S/C26H40O5Si/c1-7-8-9-10-18-15-22-24(23(16-18)31-32(5,6)25(2,3)4)20-17-19(27)11-12-21(20)26(30-22)28-13-14-29-26/h15-16,20-21H,7-14,17H2,1-6H3. The van der Waals surface area contributed by atoms with Gasteiger partial charge < -0.3 is 18.6 Å². The Morgan fingerprint density at radius 2 is 1.88 bits per heavy atom. The summed E-state index contributed by atoms with van der Waals surface area (Å²) in [5, 5.41) is 0.0777. The SMILES string of the molecule is CCCCCc1cc2c(c(O[Si](C)(C)C(C)(C)C)c1)C1CC(=O)CCC1C1(OCCO1)O2. The van der Waals surface area contributed by atoms with Gasteiger partial charge in [-0.1, -0.05) is 40.5 Å². The van der Waals surface area contributed by atoms with Gasteiger partial charge in [-0.25, -0.2) is 0 Å². The van der Waals surface area contributed by atoms with Crippen LogP contribution < -0.4 is 9.16 Å². The van der Waals surface area contributed by atoms with E-state index in [4.69, 9.17) is 18.6 Å². The molecule has 5 nitrogen and oxygen atoms in total. The van der Waals surface area contributed by atoms with E-state index < -0.39 is 14.3 Å². The number of unbranched alkanes of at least 4 members (excludes halogenated alkanes) is 2. The van der Waals surface area contributed by atoms with Gasteiger partial charge in [0.1, 0.15) is 17.3 Å². The van der Waals surface area contributed by atoms with Crippen molar-refractivity contribution in [3.63, 3.8) is 0 Å². The first kappa shape index (κ1) is 23.8. The van der Waals surface area contributed by atoms with Gasteiger partial charge in [-0.2, -0.15) is 0 Å². The number of hydrogen-bond acceptors (Lipinski definition) is 5. The second kappa shape index (κ2) is 8.77. The van der Waals surface area contributed by atoms with Crippen molar-refractivity contribution in [1.82, 2.24) is 0 Å². The summed E-state index contributed by atoms with van der Waals surface area (Å²) in [5.41, 5.74) is 2.27. The zero-order chi connectivity index (χ0) is 23.1. The van der Waals surface area contributed by atoms with E-state index in [-0.39, 0.29) is 16.9 Å². The van der Waals surface area contributed by atoms with Crippen LogP contribution in [0.15, 0.2) is 12.1 Å². The largest absolute Gasteiger partial charge is 0.543 e. The topological polar surface area (TPSA) is 54.0 Å². The van der Waals surface area contributed by atoms with Gasteiger partial charge in [0, 0.05) is 24.3 Å². The van der Waals surface area contributed by atoms with Crippen LogP contribution >= 0.6 is 0 Å². The van der Waals surface area contributed by atoms with E-state index in [1.807, 2.05) is 0 Å². The molecule has 1 aliphatic carbocycles. The Bertz CT molecular complexity index is 851. The van der Waals surface area contributed by atoms with E-state index in [1.54, 1.807) is 0 Å². The molecule has 1 aromatic carbocycles. The summed E-state index contributed by atoms with van der Waals surface area (Å²) >= 11 is 0. The Morgan fingerprint density at radius 1 is 1.16 bits per heavy atom. The number of hydrogen-bond donors (Lipinski definition) is 0. The fraction of sp³-hybridized carbons (Fsp3) is 0.731. The molecule has 2 unspecified atom stereocenters. The molecule has 4 rings (SSSR count). The minimum atomic E-state index is -2.08. The molecule has 0 N–H and O–H groups in total. The Morgan fingerprint density at radius 3 is 2.53 bits per heavy atom. The van der Waals surface area contributed by atoms with Crippen molar-refractivity contribution in [1.29, 1.82) is 0 Å². The second-order valence-electron chi connectivity index (χ2n) is 11.2. The summed E-state index contributed by atoms with van der Waals surface area (Å²) in [5.74, 6) is 0.945. The van der Waals surface area contributed by atoms with Crippen molar-refractivity contribution in [2.75, 3.05) is 13.2 Å². The lowest BCUT2D eigenvalue weighted by molar-refractivity contribution is -0.329. The average molecular weight is 461 g/mol. The molecule has 2 fully saturated rings. The van der Waals surface area contributed by atoms with Crippen molar-refractivity contribution in [2.45, 2.75) is 103 Å². The number of ketones is 1. The summed E-state index contributed by atoms with van der Waals surface area (Å²) in [4.78, 5) is 12.6. The average Bonchev–Trinajstić information content (AvgIpc) is 3.15. The molecule has 6 heteroatoms. The summed E-state index contributed by atoms with van der Waals surface area (Å²) in [7, 11) is -2.08. The van der Waals surface area contributed by atoms with E-state index in [0.29, 0.717) is 31.8 Å². The minimum absolute atomic E-state index is 0.00237. The van der Waals surface area contributed by atoms with E-state index in [0.717, 1.165) is 36.3 Å². The van der Waals surface area contributed by atoms with Crippen LogP contribution in [-0.2, 0) is 20.7 Å². The van der Waals surface area contributed by atoms with Gasteiger partial charge in [0.25, 0.3) is 0 Å². The molecule has 2 heterocycles. The number of aryl methyl sites for hydroxylation is 1. The second-order valence-corrected chi connectivity index (χ2v) is 15.9. The quantitative estimate of drug-likeness (QED) is 0.366. The lowest BCUT2D eigenvalue weighted by atomic mass is 9.71. The molecular formula is C26H40O5Si. The molecule has 0 aromatic heterocycles. The predicted octanol–water partition coefficient (Wildman–Crippen LogP) is 6.35. The highest BCUT2D eigenvalue weighted by Crippen LogP contribution is 2.56. The molecule has 0 amide bonds. The van der Waals surface area contributed by atoms with Gasteiger partial charge in [-0.3, -0.25) is 4.79 Å².